The summed E-state index contributed by atoms with van der Waals surface area (Å²) in [4.78, 5) is 19.1. The zero-order chi connectivity index (χ0) is 21.6. The first-order chi connectivity index (χ1) is 14.9. The van der Waals surface area contributed by atoms with Gasteiger partial charge in [0.15, 0.2) is 0 Å². The Balaban J connectivity index is 1.34. The Hall–Kier alpha value is -3.07. The Morgan fingerprint density at radius 2 is 2.10 bits per heavy atom. The van der Waals surface area contributed by atoms with E-state index in [0.717, 1.165) is 22.5 Å². The number of aromatic nitrogens is 4. The highest BCUT2D eigenvalue weighted by molar-refractivity contribution is 5.62. The lowest BCUT2D eigenvalue weighted by Gasteiger charge is -2.53. The van der Waals surface area contributed by atoms with Gasteiger partial charge in [-0.15, -0.1) is 0 Å². The van der Waals surface area contributed by atoms with Crippen molar-refractivity contribution in [2.75, 3.05) is 24.6 Å². The molecule has 0 N–H and O–H groups in total. The van der Waals surface area contributed by atoms with Gasteiger partial charge in [-0.1, -0.05) is 5.16 Å². The largest absolute Gasteiger partial charge is 0.371 e. The number of anilines is 1. The second-order valence-electron chi connectivity index (χ2n) is 8.44. The van der Waals surface area contributed by atoms with E-state index >= 15 is 0 Å². The summed E-state index contributed by atoms with van der Waals surface area (Å²) in [5, 5.41) is 8.51. The molecule has 0 unspecified atom stereocenters. The summed E-state index contributed by atoms with van der Waals surface area (Å²) in [6.45, 7) is 5.58. The Kier molecular flexibility index (Phi) is 4.85. The van der Waals surface area contributed by atoms with Gasteiger partial charge < -0.3 is 14.2 Å². The van der Waals surface area contributed by atoms with Crippen LogP contribution in [0, 0.1) is 13.8 Å². The SMILES string of the molecule is Cc1ccc(-c2noc(C)c2Cn2ncc(N3CC4(C[C@@H](F)CCO4)C3)cc2=O)cn1. The molecule has 1 atom stereocenters. The molecule has 31 heavy (non-hydrogen) atoms. The van der Waals surface area contributed by atoms with Crippen molar-refractivity contribution in [1.29, 1.82) is 0 Å². The van der Waals surface area contributed by atoms with E-state index in [2.05, 4.69) is 15.2 Å². The molecule has 5 heterocycles. The summed E-state index contributed by atoms with van der Waals surface area (Å²) in [6.07, 6.45) is 3.47. The predicted octanol–water partition coefficient (Wildman–Crippen LogP) is 2.67. The normalized spacial score (nSPS) is 20.1. The van der Waals surface area contributed by atoms with Crippen LogP contribution in [0.2, 0.25) is 0 Å². The lowest BCUT2D eigenvalue weighted by molar-refractivity contribution is -0.117. The summed E-state index contributed by atoms with van der Waals surface area (Å²) in [6, 6.07) is 5.40. The van der Waals surface area contributed by atoms with Gasteiger partial charge in [0, 0.05) is 55.0 Å². The van der Waals surface area contributed by atoms with Gasteiger partial charge in [-0.3, -0.25) is 9.78 Å². The maximum atomic E-state index is 13.8. The summed E-state index contributed by atoms with van der Waals surface area (Å²) >= 11 is 0. The summed E-state index contributed by atoms with van der Waals surface area (Å²) in [5.74, 6) is 0.633. The van der Waals surface area contributed by atoms with Crippen molar-refractivity contribution < 1.29 is 13.7 Å². The number of nitrogens with zero attached hydrogens (tertiary/aromatic N) is 5. The zero-order valence-electron chi connectivity index (χ0n) is 17.5. The molecule has 2 aliphatic heterocycles. The minimum Gasteiger partial charge on any atom is -0.371 e. The van der Waals surface area contributed by atoms with Gasteiger partial charge in [0.2, 0.25) is 0 Å². The molecule has 3 aromatic rings. The summed E-state index contributed by atoms with van der Waals surface area (Å²) in [7, 11) is 0. The maximum absolute atomic E-state index is 13.8. The van der Waals surface area contributed by atoms with E-state index in [0.29, 0.717) is 44.0 Å². The van der Waals surface area contributed by atoms with Crippen molar-refractivity contribution in [1.82, 2.24) is 19.9 Å². The van der Waals surface area contributed by atoms with Crippen LogP contribution in [0.3, 0.4) is 0 Å². The van der Waals surface area contributed by atoms with Crippen LogP contribution in [-0.2, 0) is 11.3 Å². The van der Waals surface area contributed by atoms with Crippen LogP contribution in [-0.4, -0.2) is 51.4 Å². The smallest absolute Gasteiger partial charge is 0.269 e. The highest BCUT2D eigenvalue weighted by atomic mass is 19.1. The van der Waals surface area contributed by atoms with E-state index in [-0.39, 0.29) is 12.1 Å². The van der Waals surface area contributed by atoms with Crippen molar-refractivity contribution in [3.05, 3.63) is 58.0 Å². The Labute approximate surface area is 178 Å². The first-order valence-electron chi connectivity index (χ1n) is 10.4. The fourth-order valence-corrected chi connectivity index (χ4v) is 4.30. The molecule has 0 amide bonds. The standard InChI is InChI=1S/C22H24FN5O3/c1-14-3-4-16(9-24-14)21-19(15(2)31-26-21)11-28-20(29)7-18(10-25-28)27-12-22(13-27)8-17(23)5-6-30-22/h3-4,7,9-10,17H,5-6,8,11-13H2,1-2H3/t17-/m0/s1. The number of rotatable bonds is 4. The number of alkyl halides is 1. The number of hydrogen-bond donors (Lipinski definition) is 0. The number of pyridine rings is 1. The maximum Gasteiger partial charge on any atom is 0.269 e. The van der Waals surface area contributed by atoms with Crippen LogP contribution in [0.5, 0.6) is 0 Å². The zero-order valence-corrected chi connectivity index (χ0v) is 17.5. The molecule has 2 aliphatic rings. The highest BCUT2D eigenvalue weighted by Gasteiger charge is 2.48. The molecule has 8 nitrogen and oxygen atoms in total. The molecular weight excluding hydrogens is 401 g/mol. The molecule has 162 valence electrons. The minimum absolute atomic E-state index is 0.222. The number of aryl methyl sites for hydroxylation is 2. The van der Waals surface area contributed by atoms with Crippen LogP contribution in [0.25, 0.3) is 11.3 Å². The Morgan fingerprint density at radius 3 is 2.81 bits per heavy atom. The molecule has 0 radical (unpaired) electrons. The summed E-state index contributed by atoms with van der Waals surface area (Å²) in [5.41, 5.74) is 3.26. The van der Waals surface area contributed by atoms with Crippen LogP contribution in [0.4, 0.5) is 10.1 Å². The monoisotopic (exact) mass is 425 g/mol. The molecule has 0 bridgehead atoms. The van der Waals surface area contributed by atoms with Gasteiger partial charge in [0.05, 0.1) is 25.0 Å². The van der Waals surface area contributed by atoms with Crippen molar-refractivity contribution in [3.8, 4) is 11.3 Å². The van der Waals surface area contributed by atoms with E-state index in [9.17, 15) is 9.18 Å². The first kappa shape index (κ1) is 19.9. The topological polar surface area (TPSA) is 86.3 Å². The lowest BCUT2D eigenvalue weighted by atomic mass is 9.85. The van der Waals surface area contributed by atoms with Crippen LogP contribution in [0.1, 0.15) is 29.9 Å². The van der Waals surface area contributed by atoms with E-state index < -0.39 is 11.8 Å². The Bertz CT molecular complexity index is 1150. The molecule has 0 aromatic carbocycles. The molecule has 2 fully saturated rings. The van der Waals surface area contributed by atoms with Gasteiger partial charge >= 0.3 is 0 Å². The Morgan fingerprint density at radius 1 is 1.26 bits per heavy atom. The van der Waals surface area contributed by atoms with Crippen molar-refractivity contribution in [2.45, 2.75) is 45.0 Å². The fourth-order valence-electron chi connectivity index (χ4n) is 4.30. The molecular formula is C22H24FN5O3. The number of halogens is 1. The van der Waals surface area contributed by atoms with E-state index in [1.54, 1.807) is 18.5 Å². The third-order valence-corrected chi connectivity index (χ3v) is 6.09. The highest BCUT2D eigenvalue weighted by Crippen LogP contribution is 2.37. The van der Waals surface area contributed by atoms with Crippen LogP contribution < -0.4 is 10.5 Å². The average molecular weight is 425 g/mol. The number of ether oxygens (including phenoxy) is 1. The molecule has 9 heteroatoms. The third kappa shape index (κ3) is 3.74. The summed E-state index contributed by atoms with van der Waals surface area (Å²) < 4.78 is 26.3. The predicted molar refractivity (Wildman–Crippen MR) is 112 cm³/mol. The van der Waals surface area contributed by atoms with Crippen LogP contribution in [0.15, 0.2) is 39.9 Å². The third-order valence-electron chi connectivity index (χ3n) is 6.09. The minimum atomic E-state index is -0.813. The molecule has 3 aromatic heterocycles. The molecule has 5 rings (SSSR count). The molecule has 1 spiro atoms. The molecule has 2 saturated heterocycles. The van der Waals surface area contributed by atoms with Gasteiger partial charge in [-0.25, -0.2) is 9.07 Å². The van der Waals surface area contributed by atoms with Crippen molar-refractivity contribution >= 4 is 5.69 Å². The van der Waals surface area contributed by atoms with Gasteiger partial charge in [0.25, 0.3) is 5.56 Å². The van der Waals surface area contributed by atoms with Gasteiger partial charge in [-0.05, 0) is 26.0 Å². The van der Waals surface area contributed by atoms with Gasteiger partial charge in [-0.2, -0.15) is 5.10 Å². The lowest BCUT2D eigenvalue weighted by Crippen LogP contribution is -2.66. The second-order valence-corrected chi connectivity index (χ2v) is 8.44. The van der Waals surface area contributed by atoms with E-state index in [4.69, 9.17) is 9.26 Å². The van der Waals surface area contributed by atoms with E-state index in [1.807, 2.05) is 30.9 Å². The van der Waals surface area contributed by atoms with Crippen molar-refractivity contribution in [2.24, 2.45) is 0 Å². The number of hydrogen-bond acceptors (Lipinski definition) is 7. The first-order valence-corrected chi connectivity index (χ1v) is 10.4. The molecule has 0 aliphatic carbocycles. The van der Waals surface area contributed by atoms with Gasteiger partial charge in [0.1, 0.15) is 23.2 Å². The molecule has 0 saturated carbocycles. The van der Waals surface area contributed by atoms with Crippen LogP contribution >= 0.6 is 0 Å². The fraction of sp³-hybridized carbons (Fsp3) is 0.455. The van der Waals surface area contributed by atoms with Crippen molar-refractivity contribution in [3.63, 3.8) is 0 Å². The quantitative estimate of drug-likeness (QED) is 0.635. The average Bonchev–Trinajstić information content (AvgIpc) is 3.08. The second kappa shape index (κ2) is 7.56. The van der Waals surface area contributed by atoms with E-state index in [1.165, 1.54) is 4.68 Å².